The van der Waals surface area contributed by atoms with Gasteiger partial charge in [0.05, 0.1) is 11.1 Å². The van der Waals surface area contributed by atoms with E-state index < -0.39 is 11.9 Å². The number of aromatic nitrogens is 6. The molecule has 13 nitrogen and oxygen atoms in total. The summed E-state index contributed by atoms with van der Waals surface area (Å²) in [6.07, 6.45) is 7.94. The predicted molar refractivity (Wildman–Crippen MR) is 190 cm³/mol. The average Bonchev–Trinajstić information content (AvgIpc) is 3.66. The lowest BCUT2D eigenvalue weighted by molar-refractivity contribution is -0.141. The number of H-pyrrole nitrogens is 2. The van der Waals surface area contributed by atoms with Crippen LogP contribution < -0.4 is 21.3 Å². The van der Waals surface area contributed by atoms with E-state index in [1.807, 2.05) is 6.92 Å². The molecule has 0 radical (unpaired) electrons. The molecule has 2 aliphatic rings. The Morgan fingerprint density at radius 2 is 1.65 bits per heavy atom. The number of alkyl halides is 3. The molecule has 1 aliphatic carbocycles. The third kappa shape index (κ3) is 7.36. The SMILES string of the molecule is C=CCn1cc(C(=O)N(C)C2CCN(c3cc(C(F)(F)F)ncn3)CC2)c2cc[nH]c2c1=O.CC(NC(=O)c1cn(C)c(=O)c2[nH]ccc12)C1CC1. The van der Waals surface area contributed by atoms with Crippen LogP contribution in [0.2, 0.25) is 0 Å². The van der Waals surface area contributed by atoms with Crippen molar-refractivity contribution in [3.05, 3.63) is 99.5 Å². The van der Waals surface area contributed by atoms with Crippen molar-refractivity contribution in [3.8, 4) is 0 Å². The van der Waals surface area contributed by atoms with Crippen LogP contribution in [-0.2, 0) is 19.8 Å². The molecule has 5 aromatic rings. The number of anilines is 1. The molecule has 1 saturated carbocycles. The van der Waals surface area contributed by atoms with Gasteiger partial charge < -0.3 is 34.2 Å². The van der Waals surface area contributed by atoms with Gasteiger partial charge in [-0.2, -0.15) is 13.2 Å². The molecule has 1 saturated heterocycles. The molecule has 7 rings (SSSR count). The molecule has 2 amide bonds. The van der Waals surface area contributed by atoms with Crippen LogP contribution in [0.1, 0.15) is 59.0 Å². The second kappa shape index (κ2) is 14.5. The van der Waals surface area contributed by atoms with E-state index in [1.54, 1.807) is 66.9 Å². The molecule has 2 fully saturated rings. The highest BCUT2D eigenvalue weighted by Gasteiger charge is 2.34. The fourth-order valence-corrected chi connectivity index (χ4v) is 6.61. The topological polar surface area (TPSA) is 154 Å². The monoisotopic (exact) mass is 719 g/mol. The Labute approximate surface area is 296 Å². The van der Waals surface area contributed by atoms with Crippen molar-refractivity contribution in [2.45, 2.75) is 57.4 Å². The number of carbonyl (C=O) groups is 2. The van der Waals surface area contributed by atoms with E-state index in [4.69, 9.17) is 0 Å². The number of hydrogen-bond donors (Lipinski definition) is 3. The van der Waals surface area contributed by atoms with Gasteiger partial charge in [-0.3, -0.25) is 19.2 Å². The zero-order chi connectivity index (χ0) is 37.3. The number of nitrogens with zero attached hydrogens (tertiary/aromatic N) is 6. The van der Waals surface area contributed by atoms with Crippen LogP contribution in [0.15, 0.2) is 71.6 Å². The average molecular weight is 720 g/mol. The van der Waals surface area contributed by atoms with Gasteiger partial charge in [-0.25, -0.2) is 9.97 Å². The van der Waals surface area contributed by atoms with Gasteiger partial charge in [0.2, 0.25) is 0 Å². The highest BCUT2D eigenvalue weighted by molar-refractivity contribution is 6.06. The second-order valence-electron chi connectivity index (χ2n) is 13.3. The third-order valence-corrected chi connectivity index (χ3v) is 9.78. The highest BCUT2D eigenvalue weighted by atomic mass is 19.4. The number of allylic oxidation sites excluding steroid dienone is 1. The number of pyridine rings is 2. The molecule has 6 heterocycles. The van der Waals surface area contributed by atoms with Crippen molar-refractivity contribution < 1.29 is 22.8 Å². The van der Waals surface area contributed by atoms with E-state index in [-0.39, 0.29) is 47.4 Å². The number of aromatic amines is 2. The highest BCUT2D eigenvalue weighted by Crippen LogP contribution is 2.33. The maximum Gasteiger partial charge on any atom is 0.433 e. The maximum absolute atomic E-state index is 13.3. The number of nitrogens with one attached hydrogen (secondary N) is 3. The molecular formula is C36H40F3N9O4. The Hall–Kier alpha value is -5.67. The predicted octanol–water partition coefficient (Wildman–Crippen LogP) is 4.46. The van der Waals surface area contributed by atoms with Crippen molar-refractivity contribution in [1.82, 2.24) is 39.3 Å². The molecule has 1 atom stereocenters. The molecule has 5 aromatic heterocycles. The lowest BCUT2D eigenvalue weighted by atomic mass is 10.0. The standard InChI is InChI=1S/C22H23F3N6O2.C14H17N3O2/c1-3-8-31-12-16(15-4-7-26-19(15)21(31)33)20(32)29(2)14-5-9-30(10-6-14)18-11-17(22(23,24)25)27-13-28-18;1-8(9-3-4-9)16-13(18)11-7-17(2)14(19)12-10(11)5-6-15-12/h3-4,7,11-14,26H,1,5-6,8-10H2,2H3;5-9,15H,3-4H2,1-2H3,(H,16,18). The normalized spacial score (nSPS) is 15.6. The van der Waals surface area contributed by atoms with Gasteiger partial charge in [0.25, 0.3) is 22.9 Å². The first kappa shape index (κ1) is 36.1. The number of carbonyl (C=O) groups excluding carboxylic acids is 2. The summed E-state index contributed by atoms with van der Waals surface area (Å²) in [5.41, 5.74) is 0.461. The first-order valence-electron chi connectivity index (χ1n) is 17.0. The van der Waals surface area contributed by atoms with Gasteiger partial charge in [0, 0.05) is 87.4 Å². The van der Waals surface area contributed by atoms with Crippen LogP contribution in [0.3, 0.4) is 0 Å². The fraction of sp³-hybridized carbons (Fsp3) is 0.389. The molecule has 52 heavy (non-hydrogen) atoms. The van der Waals surface area contributed by atoms with Gasteiger partial charge in [-0.15, -0.1) is 6.58 Å². The molecule has 0 spiro atoms. The van der Waals surface area contributed by atoms with Crippen LogP contribution in [0, 0.1) is 5.92 Å². The van der Waals surface area contributed by atoms with Crippen molar-refractivity contribution in [2.75, 3.05) is 25.0 Å². The summed E-state index contributed by atoms with van der Waals surface area (Å²) in [7, 11) is 3.36. The Bertz CT molecular complexity index is 2240. The van der Waals surface area contributed by atoms with Crippen LogP contribution in [0.4, 0.5) is 19.0 Å². The Balaban J connectivity index is 0.000000206. The molecule has 1 aliphatic heterocycles. The van der Waals surface area contributed by atoms with Crippen molar-refractivity contribution >= 4 is 39.4 Å². The van der Waals surface area contributed by atoms with Crippen molar-refractivity contribution in [2.24, 2.45) is 13.0 Å². The third-order valence-electron chi connectivity index (χ3n) is 9.78. The number of halogens is 3. The smallest absolute Gasteiger partial charge is 0.357 e. The molecule has 1 unspecified atom stereocenters. The van der Waals surface area contributed by atoms with E-state index in [9.17, 15) is 32.3 Å². The Kier molecular flexibility index (Phi) is 10.1. The lowest BCUT2D eigenvalue weighted by Crippen LogP contribution is -2.46. The van der Waals surface area contributed by atoms with Gasteiger partial charge in [0.15, 0.2) is 0 Å². The van der Waals surface area contributed by atoms with Crippen LogP contribution in [0.25, 0.3) is 21.8 Å². The van der Waals surface area contributed by atoms with Crippen LogP contribution in [-0.4, -0.2) is 78.0 Å². The second-order valence-corrected chi connectivity index (χ2v) is 13.3. The minimum Gasteiger partial charge on any atom is -0.357 e. The van der Waals surface area contributed by atoms with E-state index in [2.05, 4.69) is 31.8 Å². The summed E-state index contributed by atoms with van der Waals surface area (Å²) >= 11 is 0. The van der Waals surface area contributed by atoms with Crippen molar-refractivity contribution in [3.63, 3.8) is 0 Å². The number of rotatable bonds is 8. The van der Waals surface area contributed by atoms with Crippen LogP contribution in [0.5, 0.6) is 0 Å². The summed E-state index contributed by atoms with van der Waals surface area (Å²) in [5, 5.41) is 4.25. The first-order chi connectivity index (χ1) is 24.8. The Morgan fingerprint density at radius 1 is 1.02 bits per heavy atom. The quantitative estimate of drug-likeness (QED) is 0.200. The fourth-order valence-electron chi connectivity index (χ4n) is 6.61. The zero-order valence-corrected chi connectivity index (χ0v) is 29.0. The van der Waals surface area contributed by atoms with E-state index in [0.717, 1.165) is 12.4 Å². The lowest BCUT2D eigenvalue weighted by Gasteiger charge is -2.37. The summed E-state index contributed by atoms with van der Waals surface area (Å²) in [6.45, 7) is 6.86. The van der Waals surface area contributed by atoms with Crippen molar-refractivity contribution in [1.29, 1.82) is 0 Å². The van der Waals surface area contributed by atoms with E-state index in [1.165, 1.54) is 22.0 Å². The van der Waals surface area contributed by atoms with Gasteiger partial charge in [-0.1, -0.05) is 6.08 Å². The molecule has 0 aromatic carbocycles. The molecule has 0 bridgehead atoms. The minimum absolute atomic E-state index is 0.105. The zero-order valence-electron chi connectivity index (χ0n) is 29.0. The largest absolute Gasteiger partial charge is 0.433 e. The van der Waals surface area contributed by atoms with Gasteiger partial charge in [-0.05, 0) is 50.7 Å². The summed E-state index contributed by atoms with van der Waals surface area (Å²) < 4.78 is 41.8. The minimum atomic E-state index is -4.53. The number of piperidine rings is 1. The van der Waals surface area contributed by atoms with E-state index in [0.29, 0.717) is 64.8 Å². The maximum atomic E-state index is 13.3. The summed E-state index contributed by atoms with van der Waals surface area (Å²) in [6, 6.07) is 4.50. The van der Waals surface area contributed by atoms with Crippen LogP contribution >= 0.6 is 0 Å². The van der Waals surface area contributed by atoms with E-state index >= 15 is 0 Å². The van der Waals surface area contributed by atoms with Gasteiger partial charge >= 0.3 is 6.18 Å². The van der Waals surface area contributed by atoms with Gasteiger partial charge in [0.1, 0.15) is 28.9 Å². The summed E-state index contributed by atoms with van der Waals surface area (Å²) in [5.74, 6) is 0.491. The molecular weight excluding hydrogens is 679 g/mol. The Morgan fingerprint density at radius 3 is 2.27 bits per heavy atom. The first-order valence-corrected chi connectivity index (χ1v) is 17.0. The summed E-state index contributed by atoms with van der Waals surface area (Å²) in [4.78, 5) is 66.6. The molecule has 274 valence electrons. The molecule has 3 N–H and O–H groups in total. The number of amides is 2. The number of aryl methyl sites for hydroxylation is 1. The number of fused-ring (bicyclic) bond motifs is 2. The number of hydrogen-bond acceptors (Lipinski definition) is 7. The molecule has 16 heteroatoms.